The van der Waals surface area contributed by atoms with E-state index >= 15 is 0 Å². The Bertz CT molecular complexity index is 929. The average Bonchev–Trinajstić information content (AvgIpc) is 3.17. The van der Waals surface area contributed by atoms with E-state index in [0.717, 1.165) is 30.9 Å². The maximum Gasteiger partial charge on any atom is 0.338 e. The molecule has 1 aromatic rings. The van der Waals surface area contributed by atoms with E-state index in [4.69, 9.17) is 9.47 Å². The van der Waals surface area contributed by atoms with Crippen LogP contribution in [0.25, 0.3) is 0 Å². The fourth-order valence-electron chi connectivity index (χ4n) is 8.65. The van der Waals surface area contributed by atoms with Crippen LogP contribution in [0.2, 0.25) is 0 Å². The third-order valence-corrected chi connectivity index (χ3v) is 10.6. The second-order valence-corrected chi connectivity index (χ2v) is 11.9. The monoisotopic (exact) mass is 467 g/mol. The number of rotatable bonds is 5. The number of carbonyl (C=O) groups is 2. The van der Waals surface area contributed by atoms with Crippen LogP contribution in [0.5, 0.6) is 5.75 Å². The number of nitrogens with zero attached hydrogens (tertiary/aromatic N) is 1. The molecule has 5 heteroatoms. The highest BCUT2D eigenvalue weighted by Gasteiger charge is 2.61. The summed E-state index contributed by atoms with van der Waals surface area (Å²) >= 11 is 0. The molecule has 1 aliphatic heterocycles. The number of likely N-dealkylation sites (tertiary alicyclic amines) is 1. The Kier molecular flexibility index (Phi) is 6.18. The molecule has 4 aliphatic rings. The zero-order chi connectivity index (χ0) is 24.1. The maximum absolute atomic E-state index is 12.7. The van der Waals surface area contributed by atoms with E-state index in [0.29, 0.717) is 54.9 Å². The second kappa shape index (κ2) is 8.87. The molecule has 2 unspecified atom stereocenters. The molecule has 34 heavy (non-hydrogen) atoms. The molecule has 5 nitrogen and oxygen atoms in total. The van der Waals surface area contributed by atoms with Crippen molar-refractivity contribution in [3.8, 4) is 5.75 Å². The van der Waals surface area contributed by atoms with E-state index in [1.807, 2.05) is 26.1 Å². The van der Waals surface area contributed by atoms with Crippen LogP contribution >= 0.6 is 0 Å². The number of ether oxygens (including phenoxy) is 2. The van der Waals surface area contributed by atoms with Crippen molar-refractivity contribution in [2.45, 2.75) is 78.2 Å². The van der Waals surface area contributed by atoms with Gasteiger partial charge in [-0.2, -0.15) is 0 Å². The van der Waals surface area contributed by atoms with E-state index in [1.165, 1.54) is 25.7 Å². The molecule has 186 valence electrons. The lowest BCUT2D eigenvalue weighted by Crippen LogP contribution is -2.61. The summed E-state index contributed by atoms with van der Waals surface area (Å²) in [5.41, 5.74) is 1.10. The van der Waals surface area contributed by atoms with Gasteiger partial charge in [0.2, 0.25) is 5.91 Å². The number of amides is 1. The van der Waals surface area contributed by atoms with Gasteiger partial charge in [0.25, 0.3) is 0 Å². The van der Waals surface area contributed by atoms with E-state index in [9.17, 15) is 9.59 Å². The van der Waals surface area contributed by atoms with E-state index in [2.05, 4.69) is 18.7 Å². The van der Waals surface area contributed by atoms with Crippen molar-refractivity contribution in [2.24, 2.45) is 34.5 Å². The molecule has 5 rings (SSSR count). The third kappa shape index (κ3) is 3.74. The first-order chi connectivity index (χ1) is 16.3. The minimum atomic E-state index is -0.230. The first-order valence-corrected chi connectivity index (χ1v) is 13.4. The Balaban J connectivity index is 1.25. The highest BCUT2D eigenvalue weighted by Crippen LogP contribution is 2.66. The molecule has 0 N–H and O–H groups in total. The standard InChI is InChI=1S/C29H41NO4/c1-5-33-21-9-6-19(7-10-21)27(32)34-18-20-8-12-23-22-11-13-25-29(3,17-15-26(31)30(25)4)24(22)14-16-28(20,23)2/h6-7,9-10,20,22-25H,5,8,11-18H2,1-4H3/t20?,22-,23-,24+,25?,28+,29+/m0/s1. The fraction of sp³-hybridized carbons (Fsp3) is 0.724. The Morgan fingerprint density at radius 3 is 2.47 bits per heavy atom. The van der Waals surface area contributed by atoms with Gasteiger partial charge in [-0.25, -0.2) is 4.79 Å². The number of esters is 1. The molecule has 0 radical (unpaired) electrons. The summed E-state index contributed by atoms with van der Waals surface area (Å²) < 4.78 is 11.3. The molecule has 1 heterocycles. The molecular formula is C29H41NO4. The largest absolute Gasteiger partial charge is 0.494 e. The highest BCUT2D eigenvalue weighted by molar-refractivity contribution is 5.89. The van der Waals surface area contributed by atoms with Gasteiger partial charge in [-0.3, -0.25) is 4.79 Å². The van der Waals surface area contributed by atoms with Crippen molar-refractivity contribution in [1.82, 2.24) is 4.90 Å². The van der Waals surface area contributed by atoms with Crippen LogP contribution in [0.3, 0.4) is 0 Å². The van der Waals surface area contributed by atoms with Crippen molar-refractivity contribution in [3.63, 3.8) is 0 Å². The molecule has 7 atom stereocenters. The van der Waals surface area contributed by atoms with E-state index < -0.39 is 0 Å². The molecule has 1 amide bonds. The number of fused-ring (bicyclic) bond motifs is 5. The summed E-state index contributed by atoms with van der Waals surface area (Å²) in [7, 11) is 2.03. The van der Waals surface area contributed by atoms with Gasteiger partial charge in [0, 0.05) is 19.5 Å². The van der Waals surface area contributed by atoms with E-state index in [1.54, 1.807) is 12.1 Å². The van der Waals surface area contributed by atoms with Crippen LogP contribution in [0.15, 0.2) is 24.3 Å². The van der Waals surface area contributed by atoms with Gasteiger partial charge in [-0.15, -0.1) is 0 Å². The van der Waals surface area contributed by atoms with Crippen molar-refractivity contribution in [1.29, 1.82) is 0 Å². The van der Waals surface area contributed by atoms with Gasteiger partial charge < -0.3 is 14.4 Å². The predicted octanol–water partition coefficient (Wildman–Crippen LogP) is 5.72. The topological polar surface area (TPSA) is 55.8 Å². The van der Waals surface area contributed by atoms with Gasteiger partial charge in [-0.05, 0) is 111 Å². The maximum atomic E-state index is 12.7. The minimum Gasteiger partial charge on any atom is -0.494 e. The molecule has 0 spiro atoms. The predicted molar refractivity (Wildman–Crippen MR) is 132 cm³/mol. The molecule has 4 fully saturated rings. The molecule has 0 bridgehead atoms. The number of hydrogen-bond acceptors (Lipinski definition) is 4. The lowest BCUT2D eigenvalue weighted by atomic mass is 9.47. The van der Waals surface area contributed by atoms with Crippen molar-refractivity contribution >= 4 is 11.9 Å². The quantitative estimate of drug-likeness (QED) is 0.520. The highest BCUT2D eigenvalue weighted by atomic mass is 16.5. The smallest absolute Gasteiger partial charge is 0.338 e. The Morgan fingerprint density at radius 2 is 1.74 bits per heavy atom. The van der Waals surface area contributed by atoms with Crippen LogP contribution in [-0.4, -0.2) is 43.1 Å². The lowest BCUT2D eigenvalue weighted by molar-refractivity contribution is -0.158. The zero-order valence-corrected chi connectivity index (χ0v) is 21.3. The van der Waals surface area contributed by atoms with Gasteiger partial charge in [0.1, 0.15) is 5.75 Å². The number of piperidine rings is 1. The van der Waals surface area contributed by atoms with Gasteiger partial charge in [0.05, 0.1) is 18.8 Å². The summed E-state index contributed by atoms with van der Waals surface area (Å²) in [6.07, 6.45) is 9.00. The van der Waals surface area contributed by atoms with E-state index in [-0.39, 0.29) is 16.8 Å². The number of benzene rings is 1. The molecule has 1 aromatic carbocycles. The van der Waals surface area contributed by atoms with Crippen LogP contribution in [0.1, 0.15) is 82.5 Å². The Labute approximate surface area is 204 Å². The lowest BCUT2D eigenvalue weighted by Gasteiger charge is -2.61. The Hall–Kier alpha value is -2.04. The molecule has 0 aromatic heterocycles. The summed E-state index contributed by atoms with van der Waals surface area (Å²) in [4.78, 5) is 27.2. The minimum absolute atomic E-state index is 0.230. The van der Waals surface area contributed by atoms with Gasteiger partial charge >= 0.3 is 5.97 Å². The summed E-state index contributed by atoms with van der Waals surface area (Å²) in [5.74, 6) is 3.48. The van der Waals surface area contributed by atoms with Gasteiger partial charge in [0.15, 0.2) is 0 Å². The fourth-order valence-corrected chi connectivity index (χ4v) is 8.65. The van der Waals surface area contributed by atoms with Crippen LogP contribution in [0, 0.1) is 34.5 Å². The van der Waals surface area contributed by atoms with Gasteiger partial charge in [-0.1, -0.05) is 13.8 Å². The Morgan fingerprint density at radius 1 is 1.00 bits per heavy atom. The van der Waals surface area contributed by atoms with Crippen molar-refractivity contribution < 1.29 is 19.1 Å². The normalized spacial score (nSPS) is 39.1. The summed E-state index contributed by atoms with van der Waals surface area (Å²) in [5, 5.41) is 0. The SMILES string of the molecule is CCOc1ccc(C(=O)OCC2CC[C@H]3[C@@H]4CCC5N(C)C(=O)CC[C@]5(C)[C@@H]4CC[C@]23C)cc1. The van der Waals surface area contributed by atoms with Crippen LogP contribution in [0.4, 0.5) is 0 Å². The summed E-state index contributed by atoms with van der Waals surface area (Å²) in [6, 6.07) is 7.67. The second-order valence-electron chi connectivity index (χ2n) is 11.9. The molecule has 3 aliphatic carbocycles. The number of carbonyl (C=O) groups excluding carboxylic acids is 2. The molecular weight excluding hydrogens is 426 g/mol. The van der Waals surface area contributed by atoms with Crippen LogP contribution < -0.4 is 4.74 Å². The molecule has 1 saturated heterocycles. The first kappa shape index (κ1) is 23.7. The van der Waals surface area contributed by atoms with Crippen LogP contribution in [-0.2, 0) is 9.53 Å². The molecule has 3 saturated carbocycles. The van der Waals surface area contributed by atoms with Crippen molar-refractivity contribution in [2.75, 3.05) is 20.3 Å². The third-order valence-electron chi connectivity index (χ3n) is 10.6. The zero-order valence-electron chi connectivity index (χ0n) is 21.3. The first-order valence-electron chi connectivity index (χ1n) is 13.4. The number of hydrogen-bond donors (Lipinski definition) is 0. The summed E-state index contributed by atoms with van der Waals surface area (Å²) in [6.45, 7) is 8.03. The van der Waals surface area contributed by atoms with Crippen molar-refractivity contribution in [3.05, 3.63) is 29.8 Å². The average molecular weight is 468 g/mol.